The normalized spacial score (nSPS) is 10.7. The molecule has 0 aliphatic rings. The van der Waals surface area contributed by atoms with Crippen molar-refractivity contribution in [3.8, 4) is 11.6 Å². The van der Waals surface area contributed by atoms with Crippen molar-refractivity contribution in [1.82, 2.24) is 15.5 Å². The number of aromatic nitrogens is 2. The molecule has 112 valence electrons. The molecule has 1 N–H and O–H groups in total. The smallest absolute Gasteiger partial charge is 0.238 e. The van der Waals surface area contributed by atoms with E-state index >= 15 is 0 Å². The number of hydrogen-bond acceptors (Lipinski definition) is 5. The SMILES string of the molecule is CC(C)NCc1ccc(Oc2cccc(N(C)C)c2)nn1. The summed E-state index contributed by atoms with van der Waals surface area (Å²) < 4.78 is 5.73. The fraction of sp³-hybridized carbons (Fsp3) is 0.375. The predicted molar refractivity (Wildman–Crippen MR) is 84.9 cm³/mol. The Kier molecular flexibility index (Phi) is 5.11. The fourth-order valence-electron chi connectivity index (χ4n) is 1.75. The van der Waals surface area contributed by atoms with Crippen molar-refractivity contribution < 1.29 is 4.74 Å². The van der Waals surface area contributed by atoms with Crippen LogP contribution in [0.25, 0.3) is 0 Å². The van der Waals surface area contributed by atoms with Crippen LogP contribution in [0, 0.1) is 0 Å². The van der Waals surface area contributed by atoms with Crippen molar-refractivity contribution in [1.29, 1.82) is 0 Å². The zero-order valence-corrected chi connectivity index (χ0v) is 13.0. The van der Waals surface area contributed by atoms with Gasteiger partial charge in [-0.1, -0.05) is 19.9 Å². The molecule has 0 atom stereocenters. The van der Waals surface area contributed by atoms with Crippen molar-refractivity contribution in [3.63, 3.8) is 0 Å². The first kappa shape index (κ1) is 15.3. The average Bonchev–Trinajstić information content (AvgIpc) is 2.47. The highest BCUT2D eigenvalue weighted by atomic mass is 16.5. The molecule has 0 saturated heterocycles. The van der Waals surface area contributed by atoms with E-state index in [1.807, 2.05) is 55.4 Å². The van der Waals surface area contributed by atoms with E-state index in [1.165, 1.54) is 0 Å². The Balaban J connectivity index is 2.01. The van der Waals surface area contributed by atoms with E-state index in [4.69, 9.17) is 4.74 Å². The largest absolute Gasteiger partial charge is 0.437 e. The molecule has 0 saturated carbocycles. The number of anilines is 1. The molecule has 0 amide bonds. The van der Waals surface area contributed by atoms with Gasteiger partial charge < -0.3 is 15.0 Å². The first-order valence-electron chi connectivity index (χ1n) is 7.06. The lowest BCUT2D eigenvalue weighted by Gasteiger charge is -2.13. The average molecular weight is 286 g/mol. The first-order chi connectivity index (χ1) is 10.0. The maximum atomic E-state index is 5.73. The Morgan fingerprint density at radius 1 is 1.14 bits per heavy atom. The van der Waals surface area contributed by atoms with Gasteiger partial charge in [-0.15, -0.1) is 5.10 Å². The molecule has 0 fully saturated rings. The van der Waals surface area contributed by atoms with Gasteiger partial charge in [-0.2, -0.15) is 5.10 Å². The van der Waals surface area contributed by atoms with Crippen molar-refractivity contribution in [3.05, 3.63) is 42.1 Å². The molecule has 0 unspecified atom stereocenters. The molecule has 0 aliphatic carbocycles. The van der Waals surface area contributed by atoms with E-state index in [0.717, 1.165) is 17.1 Å². The number of nitrogens with zero attached hydrogens (tertiary/aromatic N) is 3. The fourth-order valence-corrected chi connectivity index (χ4v) is 1.75. The summed E-state index contributed by atoms with van der Waals surface area (Å²) in [6, 6.07) is 12.0. The van der Waals surface area contributed by atoms with Gasteiger partial charge in [-0.05, 0) is 18.2 Å². The van der Waals surface area contributed by atoms with Crippen LogP contribution in [0.5, 0.6) is 11.6 Å². The molecule has 5 heteroatoms. The summed E-state index contributed by atoms with van der Waals surface area (Å²) >= 11 is 0. The second-order valence-corrected chi connectivity index (χ2v) is 5.39. The molecular formula is C16H22N4O. The Morgan fingerprint density at radius 2 is 1.95 bits per heavy atom. The van der Waals surface area contributed by atoms with Crippen LogP contribution in [-0.4, -0.2) is 30.3 Å². The lowest BCUT2D eigenvalue weighted by Crippen LogP contribution is -2.22. The van der Waals surface area contributed by atoms with Crippen molar-refractivity contribution in [2.24, 2.45) is 0 Å². The van der Waals surface area contributed by atoms with Crippen molar-refractivity contribution in [2.75, 3.05) is 19.0 Å². The maximum Gasteiger partial charge on any atom is 0.238 e. The third-order valence-electron chi connectivity index (χ3n) is 2.94. The molecule has 2 rings (SSSR count). The summed E-state index contributed by atoms with van der Waals surface area (Å²) in [5, 5.41) is 11.6. The number of nitrogens with one attached hydrogen (secondary N) is 1. The Morgan fingerprint density at radius 3 is 2.57 bits per heavy atom. The second kappa shape index (κ2) is 7.04. The maximum absolute atomic E-state index is 5.73. The molecule has 0 aliphatic heterocycles. The van der Waals surface area contributed by atoms with Gasteiger partial charge in [-0.25, -0.2) is 0 Å². The molecular weight excluding hydrogens is 264 g/mol. The minimum atomic E-state index is 0.427. The highest BCUT2D eigenvalue weighted by molar-refractivity contribution is 5.49. The minimum Gasteiger partial charge on any atom is -0.437 e. The van der Waals surface area contributed by atoms with Gasteiger partial charge in [0, 0.05) is 44.5 Å². The highest BCUT2D eigenvalue weighted by Crippen LogP contribution is 2.23. The van der Waals surface area contributed by atoms with Crippen LogP contribution in [0.3, 0.4) is 0 Å². The number of hydrogen-bond donors (Lipinski definition) is 1. The van der Waals surface area contributed by atoms with Crippen LogP contribution in [0.15, 0.2) is 36.4 Å². The summed E-state index contributed by atoms with van der Waals surface area (Å²) in [5.74, 6) is 1.25. The van der Waals surface area contributed by atoms with E-state index in [-0.39, 0.29) is 0 Å². The van der Waals surface area contributed by atoms with Crippen LogP contribution < -0.4 is 15.0 Å². The lowest BCUT2D eigenvalue weighted by atomic mass is 10.3. The van der Waals surface area contributed by atoms with E-state index in [9.17, 15) is 0 Å². The molecule has 1 aromatic carbocycles. The Hall–Kier alpha value is -2.14. The summed E-state index contributed by atoms with van der Waals surface area (Å²) in [7, 11) is 3.99. The van der Waals surface area contributed by atoms with Crippen LogP contribution >= 0.6 is 0 Å². The van der Waals surface area contributed by atoms with Gasteiger partial charge in [0.25, 0.3) is 0 Å². The number of ether oxygens (including phenoxy) is 1. The third kappa shape index (κ3) is 4.72. The summed E-state index contributed by atoms with van der Waals surface area (Å²) in [5.41, 5.74) is 1.98. The zero-order chi connectivity index (χ0) is 15.2. The minimum absolute atomic E-state index is 0.427. The lowest BCUT2D eigenvalue weighted by molar-refractivity contribution is 0.452. The van der Waals surface area contributed by atoms with E-state index in [2.05, 4.69) is 29.4 Å². The molecule has 0 radical (unpaired) electrons. The molecule has 5 nitrogen and oxygen atoms in total. The molecule has 2 aromatic rings. The van der Waals surface area contributed by atoms with Crippen LogP contribution in [-0.2, 0) is 6.54 Å². The Labute approximate surface area is 126 Å². The standard InChI is InChI=1S/C16H22N4O/c1-12(2)17-11-13-8-9-16(19-18-13)21-15-7-5-6-14(10-15)20(3)4/h5-10,12,17H,11H2,1-4H3. The summed E-state index contributed by atoms with van der Waals surface area (Å²) in [6.07, 6.45) is 0. The molecule has 21 heavy (non-hydrogen) atoms. The van der Waals surface area contributed by atoms with Gasteiger partial charge in [0.15, 0.2) is 0 Å². The summed E-state index contributed by atoms with van der Waals surface area (Å²) in [4.78, 5) is 2.03. The van der Waals surface area contributed by atoms with Crippen LogP contribution in [0.4, 0.5) is 5.69 Å². The molecule has 1 aromatic heterocycles. The van der Waals surface area contributed by atoms with Gasteiger partial charge in [-0.3, -0.25) is 0 Å². The molecule has 0 bridgehead atoms. The zero-order valence-electron chi connectivity index (χ0n) is 13.0. The van der Waals surface area contributed by atoms with Gasteiger partial charge in [0.2, 0.25) is 5.88 Å². The predicted octanol–water partition coefficient (Wildman–Crippen LogP) is 2.83. The van der Waals surface area contributed by atoms with Crippen molar-refractivity contribution in [2.45, 2.75) is 26.4 Å². The topological polar surface area (TPSA) is 50.3 Å². The summed E-state index contributed by atoms with van der Waals surface area (Å²) in [6.45, 7) is 4.91. The second-order valence-electron chi connectivity index (χ2n) is 5.39. The van der Waals surface area contributed by atoms with Crippen LogP contribution in [0.2, 0.25) is 0 Å². The first-order valence-corrected chi connectivity index (χ1v) is 7.06. The van der Waals surface area contributed by atoms with E-state index in [0.29, 0.717) is 18.5 Å². The van der Waals surface area contributed by atoms with Gasteiger partial charge in [0.05, 0.1) is 5.69 Å². The van der Waals surface area contributed by atoms with E-state index < -0.39 is 0 Å². The number of rotatable bonds is 6. The van der Waals surface area contributed by atoms with Gasteiger partial charge in [0.1, 0.15) is 5.75 Å². The van der Waals surface area contributed by atoms with Gasteiger partial charge >= 0.3 is 0 Å². The quantitative estimate of drug-likeness (QED) is 0.885. The molecule has 0 spiro atoms. The van der Waals surface area contributed by atoms with E-state index in [1.54, 1.807) is 0 Å². The van der Waals surface area contributed by atoms with Crippen molar-refractivity contribution >= 4 is 5.69 Å². The number of benzene rings is 1. The third-order valence-corrected chi connectivity index (χ3v) is 2.94. The highest BCUT2D eigenvalue weighted by Gasteiger charge is 2.03. The monoisotopic (exact) mass is 286 g/mol. The molecule has 1 heterocycles. The van der Waals surface area contributed by atoms with Crippen LogP contribution in [0.1, 0.15) is 19.5 Å². The Bertz CT molecular complexity index is 567.